The van der Waals surface area contributed by atoms with E-state index in [4.69, 9.17) is 4.42 Å². The molecule has 0 bridgehead atoms. The Kier molecular flexibility index (Phi) is 4.25. The van der Waals surface area contributed by atoms with Crippen molar-refractivity contribution in [2.24, 2.45) is 0 Å². The van der Waals surface area contributed by atoms with E-state index >= 15 is 0 Å². The van der Waals surface area contributed by atoms with E-state index in [2.05, 4.69) is 9.97 Å². The number of nitrogens with one attached hydrogen (secondary N) is 1. The number of hydrogen-bond donors (Lipinski definition) is 1. The number of H-pyrrole nitrogens is 1. The molecule has 0 saturated carbocycles. The normalized spacial score (nSPS) is 16.7. The molecule has 3 aromatic rings. The summed E-state index contributed by atoms with van der Waals surface area (Å²) in [4.78, 5) is 21.3. The molecule has 1 amide bonds. The van der Waals surface area contributed by atoms with E-state index in [0.29, 0.717) is 31.6 Å². The number of nitrogens with zero attached hydrogens (tertiary/aromatic N) is 3. The van der Waals surface area contributed by atoms with Crippen molar-refractivity contribution >= 4 is 27.0 Å². The van der Waals surface area contributed by atoms with Gasteiger partial charge in [0.25, 0.3) is 5.91 Å². The third kappa shape index (κ3) is 2.99. The third-order valence-corrected chi connectivity index (χ3v) is 6.40. The predicted octanol–water partition coefficient (Wildman–Crippen LogP) is 1.69. The summed E-state index contributed by atoms with van der Waals surface area (Å²) in [5, 5.41) is 0. The highest BCUT2D eigenvalue weighted by atomic mass is 32.2. The van der Waals surface area contributed by atoms with E-state index in [0.717, 1.165) is 5.52 Å². The Hall–Kier alpha value is -2.65. The molecular formula is C17H18N4O4S. The van der Waals surface area contributed by atoms with E-state index in [-0.39, 0.29) is 23.1 Å². The number of rotatable bonds is 3. The topological polar surface area (TPSA) is 99.5 Å². The molecule has 0 unspecified atom stereocenters. The summed E-state index contributed by atoms with van der Waals surface area (Å²) in [5.74, 6) is 0.0548. The molecule has 4 rings (SSSR count). The Morgan fingerprint density at radius 3 is 2.85 bits per heavy atom. The lowest BCUT2D eigenvalue weighted by Crippen LogP contribution is -2.37. The second kappa shape index (κ2) is 6.58. The van der Waals surface area contributed by atoms with Gasteiger partial charge in [0.15, 0.2) is 5.76 Å². The maximum Gasteiger partial charge on any atom is 0.289 e. The number of carbonyl (C=O) groups is 1. The summed E-state index contributed by atoms with van der Waals surface area (Å²) >= 11 is 0. The number of carbonyl (C=O) groups excluding carboxylic acids is 1. The van der Waals surface area contributed by atoms with Gasteiger partial charge in [-0.1, -0.05) is 0 Å². The van der Waals surface area contributed by atoms with E-state index in [1.165, 1.54) is 16.9 Å². The molecule has 0 spiro atoms. The lowest BCUT2D eigenvalue weighted by Gasteiger charge is -2.21. The number of amides is 1. The number of aromatic nitrogens is 2. The van der Waals surface area contributed by atoms with E-state index in [1.54, 1.807) is 35.2 Å². The average molecular weight is 374 g/mol. The molecular weight excluding hydrogens is 356 g/mol. The molecule has 0 radical (unpaired) electrons. The molecule has 9 heteroatoms. The fourth-order valence-electron chi connectivity index (χ4n) is 3.12. The summed E-state index contributed by atoms with van der Waals surface area (Å²) in [6.07, 6.45) is 3.55. The molecule has 0 aliphatic carbocycles. The van der Waals surface area contributed by atoms with Crippen LogP contribution in [0.25, 0.3) is 11.0 Å². The summed E-state index contributed by atoms with van der Waals surface area (Å²) in [6, 6.07) is 8.11. The molecule has 2 aromatic heterocycles. The number of fused-ring (bicyclic) bond motifs is 1. The Balaban J connectivity index is 1.53. The summed E-state index contributed by atoms with van der Waals surface area (Å²) < 4.78 is 32.5. The Bertz CT molecular complexity index is 1030. The van der Waals surface area contributed by atoms with Crippen LogP contribution in [0.2, 0.25) is 0 Å². The van der Waals surface area contributed by atoms with Gasteiger partial charge in [0, 0.05) is 26.2 Å². The van der Waals surface area contributed by atoms with Crippen molar-refractivity contribution in [2.45, 2.75) is 11.3 Å². The minimum absolute atomic E-state index is 0.215. The van der Waals surface area contributed by atoms with Gasteiger partial charge in [-0.2, -0.15) is 4.31 Å². The number of furan rings is 1. The number of aromatic amines is 1. The second-order valence-electron chi connectivity index (χ2n) is 6.11. The van der Waals surface area contributed by atoms with Crippen LogP contribution in [0.3, 0.4) is 0 Å². The van der Waals surface area contributed by atoms with Crippen LogP contribution in [-0.2, 0) is 10.0 Å². The molecule has 8 nitrogen and oxygen atoms in total. The zero-order valence-corrected chi connectivity index (χ0v) is 14.8. The van der Waals surface area contributed by atoms with Gasteiger partial charge in [-0.05, 0) is 36.8 Å². The quantitative estimate of drug-likeness (QED) is 0.752. The summed E-state index contributed by atoms with van der Waals surface area (Å²) in [7, 11) is -3.63. The molecule has 26 heavy (non-hydrogen) atoms. The van der Waals surface area contributed by atoms with Crippen LogP contribution in [0.4, 0.5) is 0 Å². The first-order valence-electron chi connectivity index (χ1n) is 8.32. The van der Waals surface area contributed by atoms with Crippen LogP contribution in [0.5, 0.6) is 0 Å². The Morgan fingerprint density at radius 1 is 1.15 bits per heavy atom. The summed E-state index contributed by atoms with van der Waals surface area (Å²) in [6.45, 7) is 1.43. The largest absolute Gasteiger partial charge is 0.459 e. The molecule has 3 heterocycles. The van der Waals surface area contributed by atoms with Gasteiger partial charge in [0.2, 0.25) is 10.0 Å². The predicted molar refractivity (Wildman–Crippen MR) is 94.1 cm³/mol. The van der Waals surface area contributed by atoms with Crippen molar-refractivity contribution in [3.63, 3.8) is 0 Å². The average Bonchev–Trinajstić information content (AvgIpc) is 3.27. The van der Waals surface area contributed by atoms with Crippen LogP contribution in [0, 0.1) is 0 Å². The lowest BCUT2D eigenvalue weighted by molar-refractivity contribution is 0.0732. The van der Waals surface area contributed by atoms with Crippen molar-refractivity contribution in [3.05, 3.63) is 48.7 Å². The lowest BCUT2D eigenvalue weighted by atomic mass is 10.3. The number of imidazole rings is 1. The fourth-order valence-corrected chi connectivity index (χ4v) is 4.61. The first kappa shape index (κ1) is 16.8. The van der Waals surface area contributed by atoms with Gasteiger partial charge >= 0.3 is 0 Å². The van der Waals surface area contributed by atoms with Crippen molar-refractivity contribution in [1.29, 1.82) is 0 Å². The van der Waals surface area contributed by atoms with Crippen molar-refractivity contribution in [2.75, 3.05) is 26.2 Å². The van der Waals surface area contributed by atoms with Gasteiger partial charge in [-0.3, -0.25) is 4.79 Å². The molecule has 136 valence electrons. The molecule has 1 saturated heterocycles. The second-order valence-corrected chi connectivity index (χ2v) is 8.05. The van der Waals surface area contributed by atoms with Gasteiger partial charge < -0.3 is 14.3 Å². The fraction of sp³-hybridized carbons (Fsp3) is 0.294. The van der Waals surface area contributed by atoms with Crippen LogP contribution >= 0.6 is 0 Å². The Morgan fingerprint density at radius 2 is 2.04 bits per heavy atom. The first-order valence-corrected chi connectivity index (χ1v) is 9.76. The zero-order valence-electron chi connectivity index (χ0n) is 14.0. The van der Waals surface area contributed by atoms with Gasteiger partial charge in [0.05, 0.1) is 28.5 Å². The highest BCUT2D eigenvalue weighted by Crippen LogP contribution is 2.21. The van der Waals surface area contributed by atoms with E-state index in [1.807, 2.05) is 0 Å². The number of benzene rings is 1. The number of hydrogen-bond acceptors (Lipinski definition) is 5. The minimum Gasteiger partial charge on any atom is -0.459 e. The van der Waals surface area contributed by atoms with Gasteiger partial charge in [-0.25, -0.2) is 13.4 Å². The van der Waals surface area contributed by atoms with Crippen molar-refractivity contribution in [3.8, 4) is 0 Å². The van der Waals surface area contributed by atoms with Crippen LogP contribution < -0.4 is 0 Å². The van der Waals surface area contributed by atoms with E-state index in [9.17, 15) is 13.2 Å². The SMILES string of the molecule is O=C(c1ccco1)N1CCCN(S(=O)(=O)c2ccc3nc[nH]c3c2)CC1. The highest BCUT2D eigenvalue weighted by Gasteiger charge is 2.29. The van der Waals surface area contributed by atoms with E-state index < -0.39 is 10.0 Å². The van der Waals surface area contributed by atoms with Crippen molar-refractivity contribution in [1.82, 2.24) is 19.2 Å². The first-order chi connectivity index (χ1) is 12.6. The van der Waals surface area contributed by atoms with Crippen LogP contribution in [-0.4, -0.2) is 59.7 Å². The van der Waals surface area contributed by atoms with Crippen LogP contribution in [0.1, 0.15) is 17.0 Å². The van der Waals surface area contributed by atoms with Crippen LogP contribution in [0.15, 0.2) is 52.2 Å². The van der Waals surface area contributed by atoms with Gasteiger partial charge in [-0.15, -0.1) is 0 Å². The molecule has 1 N–H and O–H groups in total. The van der Waals surface area contributed by atoms with Gasteiger partial charge in [0.1, 0.15) is 0 Å². The molecule has 1 aromatic carbocycles. The Labute approximate surface area is 150 Å². The molecule has 1 aliphatic rings. The maximum absolute atomic E-state index is 13.0. The smallest absolute Gasteiger partial charge is 0.289 e. The highest BCUT2D eigenvalue weighted by molar-refractivity contribution is 7.89. The number of sulfonamides is 1. The molecule has 1 aliphatic heterocycles. The third-order valence-electron chi connectivity index (χ3n) is 4.50. The standard InChI is InChI=1S/C17H18N4O4S/c22-17(16-3-1-10-25-16)20-6-2-7-21(9-8-20)26(23,24)13-4-5-14-15(11-13)19-12-18-14/h1,3-5,10-12H,2,6-9H2,(H,18,19). The molecule has 1 fully saturated rings. The zero-order chi connectivity index (χ0) is 18.1. The summed E-state index contributed by atoms with van der Waals surface area (Å²) in [5.41, 5.74) is 1.39. The monoisotopic (exact) mass is 374 g/mol. The van der Waals surface area contributed by atoms with Crippen molar-refractivity contribution < 1.29 is 17.6 Å². The minimum atomic E-state index is -3.63. The molecule has 0 atom stereocenters. The maximum atomic E-state index is 13.0.